The number of rotatable bonds is 6. The van der Waals surface area contributed by atoms with Gasteiger partial charge >= 0.3 is 0 Å². The molecule has 2 aromatic rings. The Hall–Kier alpha value is -2.57. The number of amides is 1. The summed E-state index contributed by atoms with van der Waals surface area (Å²) in [6, 6.07) is 15.2. The Morgan fingerprint density at radius 2 is 2.03 bits per heavy atom. The van der Waals surface area contributed by atoms with Crippen LogP contribution in [0.4, 0.5) is 0 Å². The fourth-order valence-corrected chi connectivity index (χ4v) is 3.99. The number of carbonyl (C=O) groups is 1. The lowest BCUT2D eigenvalue weighted by atomic mass is 10.0. The molecular weight excluding hydrogens is 368 g/mol. The average Bonchev–Trinajstić information content (AvgIpc) is 3.31. The monoisotopic (exact) mass is 396 g/mol. The third-order valence-corrected chi connectivity index (χ3v) is 5.56. The van der Waals surface area contributed by atoms with Crippen molar-refractivity contribution < 1.29 is 19.0 Å². The van der Waals surface area contributed by atoms with Crippen LogP contribution in [0.5, 0.6) is 11.5 Å². The van der Waals surface area contributed by atoms with Crippen molar-refractivity contribution in [2.24, 2.45) is 0 Å². The standard InChI is InChI=1S/C23H28N2O4/c1-27-22-7-3-2-6-20(22)21-15-24-12-13-25(21)23(26)17-8-10-18(11-9-17)29-16-19-5-4-14-28-19/h2-3,6-11,19,21,24H,4-5,12-16H2,1H3. The van der Waals surface area contributed by atoms with E-state index in [4.69, 9.17) is 14.2 Å². The van der Waals surface area contributed by atoms with E-state index >= 15 is 0 Å². The number of hydrogen-bond acceptors (Lipinski definition) is 5. The Kier molecular flexibility index (Phi) is 6.32. The van der Waals surface area contributed by atoms with Crippen molar-refractivity contribution in [2.45, 2.75) is 25.0 Å². The van der Waals surface area contributed by atoms with E-state index in [0.29, 0.717) is 25.3 Å². The summed E-state index contributed by atoms with van der Waals surface area (Å²) >= 11 is 0. The number of carbonyl (C=O) groups excluding carboxylic acids is 1. The zero-order valence-electron chi connectivity index (χ0n) is 16.8. The molecule has 6 heteroatoms. The minimum absolute atomic E-state index is 0.0214. The van der Waals surface area contributed by atoms with Crippen LogP contribution in [-0.4, -0.2) is 56.9 Å². The quantitative estimate of drug-likeness (QED) is 0.813. The summed E-state index contributed by atoms with van der Waals surface area (Å²) in [5.41, 5.74) is 1.68. The summed E-state index contributed by atoms with van der Waals surface area (Å²) in [5.74, 6) is 1.59. The molecule has 0 aliphatic carbocycles. The van der Waals surface area contributed by atoms with Gasteiger partial charge in [0, 0.05) is 37.4 Å². The maximum absolute atomic E-state index is 13.3. The van der Waals surface area contributed by atoms with Gasteiger partial charge in [-0.2, -0.15) is 0 Å². The molecule has 2 aliphatic heterocycles. The second-order valence-electron chi connectivity index (χ2n) is 7.43. The van der Waals surface area contributed by atoms with E-state index < -0.39 is 0 Å². The molecule has 4 rings (SSSR count). The van der Waals surface area contributed by atoms with Gasteiger partial charge in [0.05, 0.1) is 19.3 Å². The van der Waals surface area contributed by atoms with Gasteiger partial charge in [-0.05, 0) is 43.2 Å². The van der Waals surface area contributed by atoms with Crippen molar-refractivity contribution in [1.82, 2.24) is 10.2 Å². The highest BCUT2D eigenvalue weighted by Gasteiger charge is 2.30. The Bertz CT molecular complexity index is 818. The molecular formula is C23H28N2O4. The van der Waals surface area contributed by atoms with Crippen LogP contribution in [0.3, 0.4) is 0 Å². The molecule has 2 aliphatic rings. The lowest BCUT2D eigenvalue weighted by Gasteiger charge is -2.37. The fraction of sp³-hybridized carbons (Fsp3) is 0.435. The third-order valence-electron chi connectivity index (χ3n) is 5.56. The molecule has 0 saturated carbocycles. The van der Waals surface area contributed by atoms with E-state index in [9.17, 15) is 4.79 Å². The zero-order valence-corrected chi connectivity index (χ0v) is 16.8. The summed E-state index contributed by atoms with van der Waals surface area (Å²) < 4.78 is 16.9. The maximum atomic E-state index is 13.3. The van der Waals surface area contributed by atoms with Crippen molar-refractivity contribution in [2.75, 3.05) is 40.0 Å². The highest BCUT2D eigenvalue weighted by atomic mass is 16.5. The van der Waals surface area contributed by atoms with E-state index in [1.807, 2.05) is 53.4 Å². The number of piperazine rings is 1. The molecule has 2 saturated heterocycles. The van der Waals surface area contributed by atoms with Gasteiger partial charge in [0.2, 0.25) is 0 Å². The maximum Gasteiger partial charge on any atom is 0.254 e. The molecule has 2 fully saturated rings. The van der Waals surface area contributed by atoms with Crippen LogP contribution in [0.15, 0.2) is 48.5 Å². The molecule has 2 aromatic carbocycles. The highest BCUT2D eigenvalue weighted by Crippen LogP contribution is 2.31. The van der Waals surface area contributed by atoms with Gasteiger partial charge < -0.3 is 24.4 Å². The van der Waals surface area contributed by atoms with Crippen molar-refractivity contribution in [3.05, 3.63) is 59.7 Å². The van der Waals surface area contributed by atoms with Crippen molar-refractivity contribution in [3.63, 3.8) is 0 Å². The van der Waals surface area contributed by atoms with E-state index in [-0.39, 0.29) is 18.1 Å². The summed E-state index contributed by atoms with van der Waals surface area (Å²) in [5, 5.41) is 3.39. The SMILES string of the molecule is COc1ccccc1C1CNCCN1C(=O)c1ccc(OCC2CCCO2)cc1. The highest BCUT2D eigenvalue weighted by molar-refractivity contribution is 5.94. The summed E-state index contributed by atoms with van der Waals surface area (Å²) in [7, 11) is 1.66. The first-order chi connectivity index (χ1) is 14.3. The number of nitrogens with zero attached hydrogens (tertiary/aromatic N) is 1. The topological polar surface area (TPSA) is 60.0 Å². The number of ether oxygens (including phenoxy) is 3. The first kappa shape index (κ1) is 19.7. The lowest BCUT2D eigenvalue weighted by molar-refractivity contribution is 0.0630. The molecule has 29 heavy (non-hydrogen) atoms. The van der Waals surface area contributed by atoms with E-state index in [1.54, 1.807) is 7.11 Å². The van der Waals surface area contributed by atoms with Crippen molar-refractivity contribution in [3.8, 4) is 11.5 Å². The Morgan fingerprint density at radius 1 is 1.21 bits per heavy atom. The van der Waals surface area contributed by atoms with Gasteiger partial charge in [-0.3, -0.25) is 4.79 Å². The summed E-state index contributed by atoms with van der Waals surface area (Å²) in [4.78, 5) is 15.2. The number of methoxy groups -OCH3 is 1. The van der Waals surface area contributed by atoms with Crippen molar-refractivity contribution in [1.29, 1.82) is 0 Å². The Morgan fingerprint density at radius 3 is 2.79 bits per heavy atom. The van der Waals surface area contributed by atoms with Crippen LogP contribution in [0, 0.1) is 0 Å². The van der Waals surface area contributed by atoms with Crippen molar-refractivity contribution >= 4 is 5.91 Å². The fourth-order valence-electron chi connectivity index (χ4n) is 3.99. The smallest absolute Gasteiger partial charge is 0.254 e. The molecule has 6 nitrogen and oxygen atoms in total. The van der Waals surface area contributed by atoms with Crippen LogP contribution >= 0.6 is 0 Å². The normalized spacial score (nSPS) is 21.8. The molecule has 0 radical (unpaired) electrons. The largest absolute Gasteiger partial charge is 0.496 e. The average molecular weight is 396 g/mol. The first-order valence-electron chi connectivity index (χ1n) is 10.3. The number of para-hydroxylation sites is 1. The molecule has 2 unspecified atom stereocenters. The number of hydrogen-bond donors (Lipinski definition) is 1. The molecule has 2 atom stereocenters. The van der Waals surface area contributed by atoms with Crippen LogP contribution in [0.25, 0.3) is 0 Å². The van der Waals surface area contributed by atoms with Crippen LogP contribution in [0.2, 0.25) is 0 Å². The second-order valence-corrected chi connectivity index (χ2v) is 7.43. The van der Waals surface area contributed by atoms with E-state index in [1.165, 1.54) is 0 Å². The predicted octanol–water partition coefficient (Wildman–Crippen LogP) is 3.04. The predicted molar refractivity (Wildman–Crippen MR) is 111 cm³/mol. The third kappa shape index (κ3) is 4.54. The second kappa shape index (κ2) is 9.29. The van der Waals surface area contributed by atoms with E-state index in [0.717, 1.165) is 43.1 Å². The molecule has 1 amide bonds. The minimum Gasteiger partial charge on any atom is -0.496 e. The van der Waals surface area contributed by atoms with Gasteiger partial charge in [0.25, 0.3) is 5.91 Å². The van der Waals surface area contributed by atoms with Crippen LogP contribution in [0.1, 0.15) is 34.8 Å². The number of benzene rings is 2. The molecule has 154 valence electrons. The molecule has 1 N–H and O–H groups in total. The van der Waals surface area contributed by atoms with Gasteiger partial charge in [0.15, 0.2) is 0 Å². The van der Waals surface area contributed by atoms with Gasteiger partial charge in [-0.15, -0.1) is 0 Å². The Labute approximate surface area is 171 Å². The summed E-state index contributed by atoms with van der Waals surface area (Å²) in [6.45, 7) is 3.51. The molecule has 0 aromatic heterocycles. The number of nitrogens with one attached hydrogen (secondary N) is 1. The minimum atomic E-state index is -0.0668. The van der Waals surface area contributed by atoms with Crippen LogP contribution in [-0.2, 0) is 4.74 Å². The van der Waals surface area contributed by atoms with Crippen LogP contribution < -0.4 is 14.8 Å². The first-order valence-corrected chi connectivity index (χ1v) is 10.3. The summed E-state index contributed by atoms with van der Waals surface area (Å²) in [6.07, 6.45) is 2.32. The molecule has 2 heterocycles. The van der Waals surface area contributed by atoms with Gasteiger partial charge in [-0.25, -0.2) is 0 Å². The van der Waals surface area contributed by atoms with Gasteiger partial charge in [-0.1, -0.05) is 18.2 Å². The van der Waals surface area contributed by atoms with E-state index in [2.05, 4.69) is 5.32 Å². The Balaban J connectivity index is 1.46. The molecule has 0 spiro atoms. The zero-order chi connectivity index (χ0) is 20.1. The van der Waals surface area contributed by atoms with Gasteiger partial charge in [0.1, 0.15) is 18.1 Å². The lowest BCUT2D eigenvalue weighted by Crippen LogP contribution is -2.48. The molecule has 0 bridgehead atoms.